The summed E-state index contributed by atoms with van der Waals surface area (Å²) in [6.07, 6.45) is 3.09. The molecule has 2 heterocycles. The number of methoxy groups -OCH3 is 1. The van der Waals surface area contributed by atoms with Crippen molar-refractivity contribution in [3.63, 3.8) is 0 Å². The summed E-state index contributed by atoms with van der Waals surface area (Å²) in [5.41, 5.74) is 4.34. The van der Waals surface area contributed by atoms with E-state index in [4.69, 9.17) is 14.2 Å². The molecule has 3 aromatic rings. The summed E-state index contributed by atoms with van der Waals surface area (Å²) in [6.45, 7) is 6.16. The molecule has 4 rings (SSSR count). The van der Waals surface area contributed by atoms with Gasteiger partial charge in [-0.15, -0.1) is 5.10 Å². The highest BCUT2D eigenvalue weighted by molar-refractivity contribution is 5.67. The van der Waals surface area contributed by atoms with Gasteiger partial charge < -0.3 is 19.1 Å². The summed E-state index contributed by atoms with van der Waals surface area (Å²) in [5, 5.41) is 8.97. The maximum absolute atomic E-state index is 6.17. The summed E-state index contributed by atoms with van der Waals surface area (Å²) >= 11 is 0. The van der Waals surface area contributed by atoms with Crippen molar-refractivity contribution < 1.29 is 14.2 Å². The zero-order valence-corrected chi connectivity index (χ0v) is 21.2. The van der Waals surface area contributed by atoms with Crippen molar-refractivity contribution in [3.8, 4) is 22.8 Å². The van der Waals surface area contributed by atoms with E-state index < -0.39 is 0 Å². The number of hydrogen-bond acceptors (Lipinski definition) is 6. The van der Waals surface area contributed by atoms with E-state index >= 15 is 0 Å². The van der Waals surface area contributed by atoms with Crippen molar-refractivity contribution in [2.45, 2.75) is 32.8 Å². The largest absolute Gasteiger partial charge is 0.489 e. The van der Waals surface area contributed by atoms with Crippen molar-refractivity contribution in [1.29, 1.82) is 0 Å². The fourth-order valence-corrected chi connectivity index (χ4v) is 4.68. The molecule has 2 atom stereocenters. The molecular formula is C29H37N3O3. The highest BCUT2D eigenvalue weighted by Gasteiger charge is 2.31. The van der Waals surface area contributed by atoms with Crippen molar-refractivity contribution in [1.82, 2.24) is 15.1 Å². The van der Waals surface area contributed by atoms with Gasteiger partial charge in [0.2, 0.25) is 5.88 Å². The first-order valence-corrected chi connectivity index (χ1v) is 12.6. The molecule has 1 aliphatic heterocycles. The number of likely N-dealkylation sites (tertiary alicyclic amines) is 1. The van der Waals surface area contributed by atoms with Crippen molar-refractivity contribution in [3.05, 3.63) is 71.9 Å². The molecule has 0 radical (unpaired) electrons. The second-order valence-electron chi connectivity index (χ2n) is 9.45. The van der Waals surface area contributed by atoms with Gasteiger partial charge in [0, 0.05) is 43.7 Å². The fraction of sp³-hybridized carbons (Fsp3) is 0.448. The van der Waals surface area contributed by atoms with E-state index in [2.05, 4.69) is 53.3 Å². The monoisotopic (exact) mass is 475 g/mol. The highest BCUT2D eigenvalue weighted by Crippen LogP contribution is 2.29. The lowest BCUT2D eigenvalue weighted by Crippen LogP contribution is -2.24. The molecule has 6 nitrogen and oxygen atoms in total. The predicted octanol–water partition coefficient (Wildman–Crippen LogP) is 5.27. The molecule has 2 aromatic carbocycles. The second kappa shape index (κ2) is 12.7. The quantitative estimate of drug-likeness (QED) is 0.356. The summed E-state index contributed by atoms with van der Waals surface area (Å²) in [4.78, 5) is 2.34. The lowest BCUT2D eigenvalue weighted by atomic mass is 9.98. The number of unbranched alkanes of at least 4 members (excludes halogenated alkanes) is 1. The number of aromatic nitrogens is 2. The molecule has 1 aliphatic rings. The Morgan fingerprint density at radius 2 is 1.66 bits per heavy atom. The van der Waals surface area contributed by atoms with Gasteiger partial charge in [-0.2, -0.15) is 5.10 Å². The van der Waals surface area contributed by atoms with Gasteiger partial charge in [-0.25, -0.2) is 0 Å². The molecule has 0 aliphatic carbocycles. The molecule has 0 amide bonds. The van der Waals surface area contributed by atoms with Crippen LogP contribution < -0.4 is 9.47 Å². The van der Waals surface area contributed by atoms with Crippen molar-refractivity contribution in [2.24, 2.45) is 11.8 Å². The Morgan fingerprint density at radius 1 is 0.914 bits per heavy atom. The Kier molecular flexibility index (Phi) is 9.09. The number of aryl methyl sites for hydroxylation is 1. The fourth-order valence-electron chi connectivity index (χ4n) is 4.68. The van der Waals surface area contributed by atoms with Crippen LogP contribution in [0.3, 0.4) is 0 Å². The van der Waals surface area contributed by atoms with E-state index in [1.807, 2.05) is 36.4 Å². The maximum atomic E-state index is 6.17. The summed E-state index contributed by atoms with van der Waals surface area (Å²) in [6, 6.07) is 20.5. The van der Waals surface area contributed by atoms with Gasteiger partial charge in [-0.05, 0) is 43.1 Å². The molecule has 0 unspecified atom stereocenters. The lowest BCUT2D eigenvalue weighted by molar-refractivity contribution is 0.118. The van der Waals surface area contributed by atoms with Crippen LogP contribution in [0.5, 0.6) is 11.6 Å². The minimum Gasteiger partial charge on any atom is -0.489 e. The molecule has 0 saturated carbocycles. The van der Waals surface area contributed by atoms with Crippen LogP contribution in [0, 0.1) is 11.8 Å². The molecule has 0 spiro atoms. The number of ether oxygens (including phenoxy) is 3. The van der Waals surface area contributed by atoms with E-state index in [0.29, 0.717) is 30.9 Å². The summed E-state index contributed by atoms with van der Waals surface area (Å²) in [5.74, 6) is 2.33. The van der Waals surface area contributed by atoms with Gasteiger partial charge in [0.1, 0.15) is 12.4 Å². The number of nitrogens with zero attached hydrogens (tertiary/aromatic N) is 3. The van der Waals surface area contributed by atoms with E-state index in [9.17, 15) is 0 Å². The van der Waals surface area contributed by atoms with Crippen LogP contribution in [0.4, 0.5) is 0 Å². The topological polar surface area (TPSA) is 56.7 Å². The molecule has 1 fully saturated rings. The zero-order chi connectivity index (χ0) is 24.5. The Hall–Kier alpha value is -2.96. The van der Waals surface area contributed by atoms with E-state index in [1.54, 1.807) is 7.11 Å². The molecule has 0 bridgehead atoms. The predicted molar refractivity (Wildman–Crippen MR) is 139 cm³/mol. The standard InChI is InChI=1S/C29H37N3O3/c1-4-5-11-28-27(23-12-14-26(15-13-23)34-19-22-9-7-6-8-10-22)16-29(31-30-28)35-21-25-18-32(2)17-24(25)20-33-3/h6-10,12-16,24-25H,4-5,11,17-21H2,1-3H3/t24-,25-/m0/s1. The van der Waals surface area contributed by atoms with Crippen LogP contribution in [0.1, 0.15) is 31.0 Å². The minimum absolute atomic E-state index is 0.422. The number of benzene rings is 2. The van der Waals surface area contributed by atoms with Gasteiger partial charge in [0.05, 0.1) is 18.9 Å². The third kappa shape index (κ3) is 7.03. The third-order valence-electron chi connectivity index (χ3n) is 6.61. The van der Waals surface area contributed by atoms with Crippen LogP contribution in [-0.2, 0) is 17.8 Å². The average molecular weight is 476 g/mol. The number of hydrogen-bond donors (Lipinski definition) is 0. The normalized spacial score (nSPS) is 18.0. The van der Waals surface area contributed by atoms with Crippen LogP contribution in [-0.4, -0.2) is 55.6 Å². The Bertz CT molecular complexity index is 1040. The smallest absolute Gasteiger partial charge is 0.234 e. The van der Waals surface area contributed by atoms with Crippen molar-refractivity contribution in [2.75, 3.05) is 40.5 Å². The highest BCUT2D eigenvalue weighted by atomic mass is 16.5. The summed E-state index contributed by atoms with van der Waals surface area (Å²) in [7, 11) is 3.91. The van der Waals surface area contributed by atoms with E-state index in [1.165, 1.54) is 0 Å². The first-order valence-electron chi connectivity index (χ1n) is 12.6. The third-order valence-corrected chi connectivity index (χ3v) is 6.61. The van der Waals surface area contributed by atoms with E-state index in [0.717, 1.165) is 67.1 Å². The van der Waals surface area contributed by atoms with Gasteiger partial charge in [-0.1, -0.05) is 55.8 Å². The molecule has 1 saturated heterocycles. The van der Waals surface area contributed by atoms with Crippen LogP contribution >= 0.6 is 0 Å². The molecule has 1 aromatic heterocycles. The SMILES string of the molecule is CCCCc1nnc(OC[C@@H]2CN(C)C[C@H]2COC)cc1-c1ccc(OCc2ccccc2)cc1. The van der Waals surface area contributed by atoms with Gasteiger partial charge in [0.15, 0.2) is 0 Å². The van der Waals surface area contributed by atoms with Crippen LogP contribution in [0.25, 0.3) is 11.1 Å². The summed E-state index contributed by atoms with van der Waals surface area (Å²) < 4.78 is 17.6. The Balaban J connectivity index is 1.46. The minimum atomic E-state index is 0.422. The van der Waals surface area contributed by atoms with Crippen LogP contribution in [0.2, 0.25) is 0 Å². The second-order valence-corrected chi connectivity index (χ2v) is 9.45. The molecule has 6 heteroatoms. The Labute approximate surface area is 209 Å². The molecule has 0 N–H and O–H groups in total. The van der Waals surface area contributed by atoms with Crippen molar-refractivity contribution >= 4 is 0 Å². The molecule has 35 heavy (non-hydrogen) atoms. The van der Waals surface area contributed by atoms with Gasteiger partial charge in [-0.3, -0.25) is 0 Å². The first-order chi connectivity index (χ1) is 17.2. The van der Waals surface area contributed by atoms with E-state index in [-0.39, 0.29) is 0 Å². The van der Waals surface area contributed by atoms with Gasteiger partial charge in [0.25, 0.3) is 0 Å². The first kappa shape index (κ1) is 25.1. The zero-order valence-electron chi connectivity index (χ0n) is 21.2. The lowest BCUT2D eigenvalue weighted by Gasteiger charge is -2.18. The van der Waals surface area contributed by atoms with Gasteiger partial charge >= 0.3 is 0 Å². The Morgan fingerprint density at radius 3 is 2.37 bits per heavy atom. The number of rotatable bonds is 12. The maximum Gasteiger partial charge on any atom is 0.234 e. The molecule has 186 valence electrons. The average Bonchev–Trinajstić information content (AvgIpc) is 3.25. The molecular weight excluding hydrogens is 438 g/mol. The van der Waals surface area contributed by atoms with Crippen LogP contribution in [0.15, 0.2) is 60.7 Å².